The Balaban J connectivity index is 1.85. The summed E-state index contributed by atoms with van der Waals surface area (Å²) >= 11 is 0. The minimum absolute atomic E-state index is 0.521. The summed E-state index contributed by atoms with van der Waals surface area (Å²) in [7, 11) is 0. The van der Waals surface area contributed by atoms with Gasteiger partial charge in [-0.25, -0.2) is 14.8 Å². The lowest BCUT2D eigenvalue weighted by atomic mass is 10.1. The average Bonchev–Trinajstić information content (AvgIpc) is 2.71. The van der Waals surface area contributed by atoms with Crippen LogP contribution in [-0.2, 0) is 4.74 Å². The number of aryl methyl sites for hydroxylation is 2. The summed E-state index contributed by atoms with van der Waals surface area (Å²) in [6.45, 7) is 11.3. The molecule has 166 valence electrons. The zero-order valence-electron chi connectivity index (χ0n) is 19.4. The zero-order chi connectivity index (χ0) is 23.3. The van der Waals surface area contributed by atoms with Gasteiger partial charge in [0.05, 0.1) is 17.1 Å². The summed E-state index contributed by atoms with van der Waals surface area (Å²) in [5, 5.41) is 7.28. The number of aromatic nitrogens is 2. The van der Waals surface area contributed by atoms with Crippen LogP contribution in [0.5, 0.6) is 0 Å². The van der Waals surface area contributed by atoms with Crippen molar-refractivity contribution in [3.05, 3.63) is 71.5 Å². The van der Waals surface area contributed by atoms with Crippen molar-refractivity contribution in [1.82, 2.24) is 9.97 Å². The normalized spacial score (nSPS) is 11.8. The first-order valence-corrected chi connectivity index (χ1v) is 10.4. The Morgan fingerprint density at radius 1 is 1.00 bits per heavy atom. The average molecular weight is 432 g/mol. The zero-order valence-corrected chi connectivity index (χ0v) is 19.4. The number of hydrogen-bond donors (Lipinski definition) is 2. The van der Waals surface area contributed by atoms with E-state index >= 15 is 0 Å². The van der Waals surface area contributed by atoms with Crippen LogP contribution in [0.1, 0.15) is 44.6 Å². The first kappa shape index (κ1) is 22.9. The van der Waals surface area contributed by atoms with Crippen LogP contribution in [0.15, 0.2) is 59.7 Å². The van der Waals surface area contributed by atoms with Crippen molar-refractivity contribution in [1.29, 1.82) is 0 Å². The third kappa shape index (κ3) is 6.38. The molecule has 0 fully saturated rings. The van der Waals surface area contributed by atoms with Gasteiger partial charge in [0.15, 0.2) is 5.82 Å². The highest BCUT2D eigenvalue weighted by molar-refractivity contribution is 5.99. The van der Waals surface area contributed by atoms with E-state index < -0.39 is 11.7 Å². The minimum atomic E-state index is -0.588. The van der Waals surface area contributed by atoms with Gasteiger partial charge in [0.2, 0.25) is 0 Å². The Labute approximate surface area is 189 Å². The number of nitrogens with one attached hydrogen (secondary N) is 2. The van der Waals surface area contributed by atoms with Crippen molar-refractivity contribution < 1.29 is 9.53 Å². The summed E-state index contributed by atoms with van der Waals surface area (Å²) < 4.78 is 5.38. The minimum Gasteiger partial charge on any atom is -0.444 e. The van der Waals surface area contributed by atoms with Crippen molar-refractivity contribution in [3.63, 3.8) is 0 Å². The molecule has 3 aromatic rings. The molecule has 1 aromatic heterocycles. The number of amides is 1. The Morgan fingerprint density at radius 2 is 1.69 bits per heavy atom. The molecule has 0 saturated heterocycles. The number of carbonyl (C=O) groups is 1. The van der Waals surface area contributed by atoms with E-state index in [0.29, 0.717) is 23.0 Å². The van der Waals surface area contributed by atoms with Crippen LogP contribution < -0.4 is 10.7 Å². The van der Waals surface area contributed by atoms with Gasteiger partial charge in [-0.3, -0.25) is 10.7 Å². The van der Waals surface area contributed by atoms with Crippen LogP contribution in [0.2, 0.25) is 0 Å². The van der Waals surface area contributed by atoms with E-state index in [9.17, 15) is 4.79 Å². The molecule has 0 aliphatic carbocycles. The number of ether oxygens (including phenoxy) is 1. The molecule has 2 N–H and O–H groups in total. The Kier molecular flexibility index (Phi) is 6.88. The highest BCUT2D eigenvalue weighted by atomic mass is 16.6. The standard InChI is InChI=1S/C25H29N5O2/c1-16-11-13-19(14-12-16)17(2)29-30-23-15-22(26-18(3)27-23)20-9-7-8-10-21(20)28-24(31)32-25(4,5)6/h7-15H,1-6H3,(H,28,31)(H,26,27,30)/b29-17-. The molecule has 0 saturated carbocycles. The van der Waals surface area contributed by atoms with Gasteiger partial charge in [0, 0.05) is 11.6 Å². The van der Waals surface area contributed by atoms with E-state index in [4.69, 9.17) is 4.74 Å². The lowest BCUT2D eigenvalue weighted by Gasteiger charge is -2.20. The van der Waals surface area contributed by atoms with E-state index in [0.717, 1.165) is 16.8 Å². The molecule has 32 heavy (non-hydrogen) atoms. The molecule has 0 atom stereocenters. The van der Waals surface area contributed by atoms with Gasteiger partial charge >= 0.3 is 6.09 Å². The van der Waals surface area contributed by atoms with E-state index in [-0.39, 0.29) is 0 Å². The van der Waals surface area contributed by atoms with Gasteiger partial charge in [0.25, 0.3) is 0 Å². The maximum Gasteiger partial charge on any atom is 0.412 e. The van der Waals surface area contributed by atoms with Crippen LogP contribution >= 0.6 is 0 Å². The summed E-state index contributed by atoms with van der Waals surface area (Å²) in [4.78, 5) is 21.3. The predicted molar refractivity (Wildman–Crippen MR) is 129 cm³/mol. The number of anilines is 2. The van der Waals surface area contributed by atoms with Gasteiger partial charge in [0.1, 0.15) is 11.4 Å². The van der Waals surface area contributed by atoms with Crippen LogP contribution in [0, 0.1) is 13.8 Å². The Bertz CT molecular complexity index is 1130. The molecule has 7 heteroatoms. The second kappa shape index (κ2) is 9.60. The maximum atomic E-state index is 12.3. The fourth-order valence-electron chi connectivity index (χ4n) is 2.99. The Hall–Kier alpha value is -3.74. The van der Waals surface area contributed by atoms with E-state index in [1.165, 1.54) is 5.56 Å². The third-order valence-electron chi connectivity index (χ3n) is 4.48. The molecule has 0 aliphatic heterocycles. The molecule has 7 nitrogen and oxygen atoms in total. The fourth-order valence-corrected chi connectivity index (χ4v) is 2.99. The van der Waals surface area contributed by atoms with E-state index in [1.807, 2.05) is 71.0 Å². The molecular weight excluding hydrogens is 402 g/mol. The second-order valence-corrected chi connectivity index (χ2v) is 8.53. The Morgan fingerprint density at radius 3 is 2.38 bits per heavy atom. The third-order valence-corrected chi connectivity index (χ3v) is 4.48. The molecule has 1 amide bonds. The SMILES string of the molecule is C/C(=N/Nc1cc(-c2ccccc2NC(=O)OC(C)(C)C)nc(C)n1)c1ccc(C)cc1. The molecule has 0 aliphatic rings. The maximum absolute atomic E-state index is 12.3. The molecule has 1 heterocycles. The number of para-hydroxylation sites is 1. The summed E-state index contributed by atoms with van der Waals surface area (Å²) in [6.07, 6.45) is -0.521. The lowest BCUT2D eigenvalue weighted by molar-refractivity contribution is 0.0636. The highest BCUT2D eigenvalue weighted by Crippen LogP contribution is 2.28. The smallest absolute Gasteiger partial charge is 0.412 e. The van der Waals surface area contributed by atoms with Gasteiger partial charge < -0.3 is 4.74 Å². The van der Waals surface area contributed by atoms with Crippen molar-refractivity contribution in [2.24, 2.45) is 5.10 Å². The molecule has 2 aromatic carbocycles. The number of benzene rings is 2. The quantitative estimate of drug-likeness (QED) is 0.385. The van der Waals surface area contributed by atoms with Gasteiger partial charge in [-0.15, -0.1) is 0 Å². The first-order valence-electron chi connectivity index (χ1n) is 10.4. The first-order chi connectivity index (χ1) is 15.1. The largest absolute Gasteiger partial charge is 0.444 e. The van der Waals surface area contributed by atoms with Crippen LogP contribution in [-0.4, -0.2) is 27.4 Å². The van der Waals surface area contributed by atoms with Gasteiger partial charge in [-0.2, -0.15) is 5.10 Å². The lowest BCUT2D eigenvalue weighted by Crippen LogP contribution is -2.27. The van der Waals surface area contributed by atoms with Gasteiger partial charge in [-0.05, 0) is 53.2 Å². The van der Waals surface area contributed by atoms with Crippen molar-refractivity contribution in [2.75, 3.05) is 10.7 Å². The monoisotopic (exact) mass is 431 g/mol. The summed E-state index contributed by atoms with van der Waals surface area (Å²) in [6, 6.07) is 17.4. The summed E-state index contributed by atoms with van der Waals surface area (Å²) in [5.74, 6) is 1.14. The van der Waals surface area contributed by atoms with E-state index in [1.54, 1.807) is 6.07 Å². The van der Waals surface area contributed by atoms with Crippen molar-refractivity contribution in [2.45, 2.75) is 47.1 Å². The molecule has 0 unspecified atom stereocenters. The predicted octanol–water partition coefficient (Wildman–Crippen LogP) is 5.94. The summed E-state index contributed by atoms with van der Waals surface area (Å²) in [5.41, 5.74) is 7.53. The molecular formula is C25H29N5O2. The van der Waals surface area contributed by atoms with E-state index in [2.05, 4.69) is 44.9 Å². The van der Waals surface area contributed by atoms with Crippen molar-refractivity contribution in [3.8, 4) is 11.3 Å². The molecule has 0 spiro atoms. The van der Waals surface area contributed by atoms with Crippen molar-refractivity contribution >= 4 is 23.3 Å². The molecule has 0 radical (unpaired) electrons. The highest BCUT2D eigenvalue weighted by Gasteiger charge is 2.18. The molecule has 3 rings (SSSR count). The number of carbonyl (C=O) groups excluding carboxylic acids is 1. The number of nitrogens with zero attached hydrogens (tertiary/aromatic N) is 3. The fraction of sp³-hybridized carbons (Fsp3) is 0.280. The topological polar surface area (TPSA) is 88.5 Å². The van der Waals surface area contributed by atoms with Crippen LogP contribution in [0.4, 0.5) is 16.3 Å². The van der Waals surface area contributed by atoms with Crippen LogP contribution in [0.3, 0.4) is 0 Å². The number of hydrogen-bond acceptors (Lipinski definition) is 6. The number of hydrazone groups is 1. The number of rotatable bonds is 5. The van der Waals surface area contributed by atoms with Crippen LogP contribution in [0.25, 0.3) is 11.3 Å². The molecule has 0 bridgehead atoms. The second-order valence-electron chi connectivity index (χ2n) is 8.53. The van der Waals surface area contributed by atoms with Gasteiger partial charge in [-0.1, -0.05) is 48.0 Å².